The van der Waals surface area contributed by atoms with Crippen LogP contribution in [0.2, 0.25) is 0 Å². The fourth-order valence-corrected chi connectivity index (χ4v) is 2.06. The van der Waals surface area contributed by atoms with Gasteiger partial charge in [-0.2, -0.15) is 5.10 Å². The molecule has 1 heterocycles. The molecule has 0 fully saturated rings. The molecule has 2 N–H and O–H groups in total. The molecule has 0 radical (unpaired) electrons. The summed E-state index contributed by atoms with van der Waals surface area (Å²) in [5.41, 5.74) is 3.92. The van der Waals surface area contributed by atoms with Gasteiger partial charge in [-0.05, 0) is 24.6 Å². The van der Waals surface area contributed by atoms with Crippen molar-refractivity contribution in [1.82, 2.24) is 9.78 Å². The lowest BCUT2D eigenvalue weighted by Crippen LogP contribution is -2.03. The lowest BCUT2D eigenvalue weighted by atomic mass is 10.2. The fourth-order valence-electron chi connectivity index (χ4n) is 2.06. The van der Waals surface area contributed by atoms with Crippen LogP contribution < -0.4 is 10.1 Å². The summed E-state index contributed by atoms with van der Waals surface area (Å²) < 4.78 is 7.09. The summed E-state index contributed by atoms with van der Waals surface area (Å²) in [6.45, 7) is 2.69. The van der Waals surface area contributed by atoms with E-state index in [-0.39, 0.29) is 6.61 Å². The highest BCUT2D eigenvalue weighted by atomic mass is 16.5. The van der Waals surface area contributed by atoms with Gasteiger partial charge in [0.2, 0.25) is 5.88 Å². The van der Waals surface area contributed by atoms with Gasteiger partial charge >= 0.3 is 0 Å². The molecule has 2 rings (SSSR count). The van der Waals surface area contributed by atoms with Crippen molar-refractivity contribution in [2.75, 3.05) is 12.4 Å². The first-order chi connectivity index (χ1) is 9.15. The van der Waals surface area contributed by atoms with Crippen molar-refractivity contribution in [3.8, 4) is 5.88 Å². The lowest BCUT2D eigenvalue weighted by molar-refractivity contribution is 0.282. The average molecular weight is 261 g/mol. The number of nitrogens with one attached hydrogen (secondary N) is 1. The van der Waals surface area contributed by atoms with Crippen molar-refractivity contribution < 1.29 is 9.84 Å². The molecule has 0 aliphatic rings. The van der Waals surface area contributed by atoms with Crippen molar-refractivity contribution in [3.05, 3.63) is 41.1 Å². The van der Waals surface area contributed by atoms with Gasteiger partial charge in [0.1, 0.15) is 0 Å². The van der Waals surface area contributed by atoms with Gasteiger partial charge in [-0.25, -0.2) is 4.68 Å². The van der Waals surface area contributed by atoms with Gasteiger partial charge < -0.3 is 15.2 Å². The molecular weight excluding hydrogens is 242 g/mol. The molecule has 0 bridgehead atoms. The summed E-state index contributed by atoms with van der Waals surface area (Å²) in [4.78, 5) is 0. The maximum atomic E-state index is 9.00. The van der Waals surface area contributed by atoms with Crippen LogP contribution in [0.5, 0.6) is 5.88 Å². The van der Waals surface area contributed by atoms with Gasteiger partial charge in [0.25, 0.3) is 0 Å². The molecule has 0 atom stereocenters. The van der Waals surface area contributed by atoms with E-state index in [1.54, 1.807) is 11.8 Å². The number of aromatic nitrogens is 2. The zero-order valence-corrected chi connectivity index (χ0v) is 11.5. The van der Waals surface area contributed by atoms with Crippen LogP contribution in [0.4, 0.5) is 5.69 Å². The summed E-state index contributed by atoms with van der Waals surface area (Å²) >= 11 is 0. The number of aliphatic hydroxyl groups is 1. The molecule has 1 aromatic heterocycles. The van der Waals surface area contributed by atoms with E-state index >= 15 is 0 Å². The Balaban J connectivity index is 2.09. The second-order valence-corrected chi connectivity index (χ2v) is 4.41. The monoisotopic (exact) mass is 261 g/mol. The Labute approximate surface area is 112 Å². The lowest BCUT2D eigenvalue weighted by Gasteiger charge is -2.08. The number of ether oxygens (including phenoxy) is 1. The first-order valence-corrected chi connectivity index (χ1v) is 6.16. The van der Waals surface area contributed by atoms with Crippen molar-refractivity contribution in [2.45, 2.75) is 20.1 Å². The Bertz CT molecular complexity index is 547. The fraction of sp³-hybridized carbons (Fsp3) is 0.357. The SMILES string of the molecule is COc1c(CNc2ccc(CO)cc2)c(C)nn1C. The highest BCUT2D eigenvalue weighted by molar-refractivity contribution is 5.46. The summed E-state index contributed by atoms with van der Waals surface area (Å²) in [6, 6.07) is 7.69. The minimum atomic E-state index is 0.0653. The van der Waals surface area contributed by atoms with E-state index in [0.29, 0.717) is 6.54 Å². The van der Waals surface area contributed by atoms with Crippen LogP contribution in [0.15, 0.2) is 24.3 Å². The highest BCUT2D eigenvalue weighted by Gasteiger charge is 2.13. The number of rotatable bonds is 5. The molecule has 0 unspecified atom stereocenters. The zero-order valence-electron chi connectivity index (χ0n) is 11.5. The van der Waals surface area contributed by atoms with Crippen molar-refractivity contribution >= 4 is 5.69 Å². The Kier molecular flexibility index (Phi) is 4.06. The van der Waals surface area contributed by atoms with E-state index in [2.05, 4.69) is 10.4 Å². The topological polar surface area (TPSA) is 59.3 Å². The van der Waals surface area contributed by atoms with Gasteiger partial charge in [-0.15, -0.1) is 0 Å². The molecule has 1 aromatic carbocycles. The standard InChI is InChI=1S/C14H19N3O2/c1-10-13(14(19-3)17(2)16-10)8-15-12-6-4-11(9-18)5-7-12/h4-7,15,18H,8-9H2,1-3H3. The molecule has 0 saturated carbocycles. The minimum absolute atomic E-state index is 0.0653. The molecule has 0 aliphatic heterocycles. The quantitative estimate of drug-likeness (QED) is 0.862. The molecule has 2 aromatic rings. The van der Waals surface area contributed by atoms with Gasteiger partial charge in [0.15, 0.2) is 0 Å². The third-order valence-electron chi connectivity index (χ3n) is 3.09. The average Bonchev–Trinajstić information content (AvgIpc) is 2.70. The smallest absolute Gasteiger partial charge is 0.216 e. The number of nitrogens with zero attached hydrogens (tertiary/aromatic N) is 2. The van der Waals surface area contributed by atoms with Gasteiger partial charge in [-0.3, -0.25) is 0 Å². The normalized spacial score (nSPS) is 10.5. The third kappa shape index (κ3) is 2.88. The summed E-state index contributed by atoms with van der Waals surface area (Å²) in [7, 11) is 3.52. The zero-order chi connectivity index (χ0) is 13.8. The van der Waals surface area contributed by atoms with Crippen LogP contribution in [0, 0.1) is 6.92 Å². The molecule has 102 valence electrons. The second-order valence-electron chi connectivity index (χ2n) is 4.41. The number of hydrogen-bond donors (Lipinski definition) is 2. The van der Waals surface area contributed by atoms with Gasteiger partial charge in [-0.1, -0.05) is 12.1 Å². The summed E-state index contributed by atoms with van der Waals surface area (Å²) in [5, 5.41) is 16.7. The molecule has 0 spiro atoms. The van der Waals surface area contributed by atoms with Crippen molar-refractivity contribution in [1.29, 1.82) is 0 Å². The number of aryl methyl sites for hydroxylation is 2. The van der Waals surface area contributed by atoms with Gasteiger partial charge in [0.05, 0.1) is 25.0 Å². The van der Waals surface area contributed by atoms with E-state index in [4.69, 9.17) is 9.84 Å². The second kappa shape index (κ2) is 5.75. The number of methoxy groups -OCH3 is 1. The van der Waals surface area contributed by atoms with E-state index in [0.717, 1.165) is 28.4 Å². The van der Waals surface area contributed by atoms with Crippen LogP contribution in [0.3, 0.4) is 0 Å². The molecule has 5 nitrogen and oxygen atoms in total. The molecular formula is C14H19N3O2. The van der Waals surface area contributed by atoms with E-state index < -0.39 is 0 Å². The molecule has 5 heteroatoms. The van der Waals surface area contributed by atoms with Crippen LogP contribution >= 0.6 is 0 Å². The van der Waals surface area contributed by atoms with Crippen molar-refractivity contribution in [2.24, 2.45) is 7.05 Å². The van der Waals surface area contributed by atoms with Crippen LogP contribution in [0.1, 0.15) is 16.8 Å². The van der Waals surface area contributed by atoms with Gasteiger partial charge in [0, 0.05) is 19.3 Å². The van der Waals surface area contributed by atoms with Crippen molar-refractivity contribution in [3.63, 3.8) is 0 Å². The molecule has 0 saturated heterocycles. The summed E-state index contributed by atoms with van der Waals surface area (Å²) in [6.07, 6.45) is 0. The molecule has 0 amide bonds. The summed E-state index contributed by atoms with van der Waals surface area (Å²) in [5.74, 6) is 0.775. The predicted octanol–water partition coefficient (Wildman–Crippen LogP) is 1.84. The maximum absolute atomic E-state index is 9.00. The van der Waals surface area contributed by atoms with Crippen LogP contribution in [-0.4, -0.2) is 22.0 Å². The minimum Gasteiger partial charge on any atom is -0.481 e. The Hall–Kier alpha value is -2.01. The maximum Gasteiger partial charge on any atom is 0.216 e. The molecule has 0 aliphatic carbocycles. The Morgan fingerprint density at radius 1 is 1.32 bits per heavy atom. The third-order valence-corrected chi connectivity index (χ3v) is 3.09. The number of benzene rings is 1. The number of anilines is 1. The number of aliphatic hydroxyl groups excluding tert-OH is 1. The molecule has 19 heavy (non-hydrogen) atoms. The van der Waals surface area contributed by atoms with E-state index in [1.807, 2.05) is 38.2 Å². The Morgan fingerprint density at radius 2 is 2.00 bits per heavy atom. The Morgan fingerprint density at radius 3 is 2.58 bits per heavy atom. The number of hydrogen-bond acceptors (Lipinski definition) is 4. The first-order valence-electron chi connectivity index (χ1n) is 6.16. The highest BCUT2D eigenvalue weighted by Crippen LogP contribution is 2.22. The predicted molar refractivity (Wildman–Crippen MR) is 74.2 cm³/mol. The first kappa shape index (κ1) is 13.4. The largest absolute Gasteiger partial charge is 0.481 e. The van der Waals surface area contributed by atoms with Crippen LogP contribution in [-0.2, 0) is 20.2 Å². The van der Waals surface area contributed by atoms with E-state index in [9.17, 15) is 0 Å². The van der Waals surface area contributed by atoms with Crippen LogP contribution in [0.25, 0.3) is 0 Å². The van der Waals surface area contributed by atoms with E-state index in [1.165, 1.54) is 0 Å².